The highest BCUT2D eigenvalue weighted by Crippen LogP contribution is 2.33. The zero-order valence-electron chi connectivity index (χ0n) is 11.5. The lowest BCUT2D eigenvalue weighted by molar-refractivity contribution is 0.584. The molecule has 0 aliphatic heterocycles. The van der Waals surface area contributed by atoms with E-state index in [0.29, 0.717) is 10.7 Å². The fraction of sp³-hybridized carbons (Fsp3) is 0.214. The monoisotopic (exact) mass is 388 g/mol. The molecule has 0 amide bonds. The van der Waals surface area contributed by atoms with Gasteiger partial charge in [0.25, 0.3) is 10.0 Å². The van der Waals surface area contributed by atoms with Gasteiger partial charge in [0, 0.05) is 22.9 Å². The summed E-state index contributed by atoms with van der Waals surface area (Å²) >= 11 is 9.53. The fourth-order valence-electron chi connectivity index (χ4n) is 1.96. The van der Waals surface area contributed by atoms with E-state index in [1.807, 2.05) is 0 Å². The molecule has 0 N–H and O–H groups in total. The molecule has 2 aromatic rings. The Kier molecular flexibility index (Phi) is 4.91. The van der Waals surface area contributed by atoms with Crippen LogP contribution in [-0.2, 0) is 10.0 Å². The average Bonchev–Trinajstić information content (AvgIpc) is 2.42. The van der Waals surface area contributed by atoms with Crippen LogP contribution in [-0.4, -0.2) is 19.4 Å². The smallest absolute Gasteiger partial charge is 0.263 e. The van der Waals surface area contributed by atoms with Gasteiger partial charge in [-0.1, -0.05) is 27.5 Å². The number of aromatic nitrogens is 1. The zero-order chi connectivity index (χ0) is 15.6. The lowest BCUT2D eigenvalue weighted by Crippen LogP contribution is -2.37. The van der Waals surface area contributed by atoms with Crippen LogP contribution < -0.4 is 4.31 Å². The quantitative estimate of drug-likeness (QED) is 0.791. The summed E-state index contributed by atoms with van der Waals surface area (Å²) in [5.41, 5.74) is 0.443. The maximum Gasteiger partial charge on any atom is 0.266 e. The second-order valence-corrected chi connectivity index (χ2v) is 7.82. The molecule has 0 unspecified atom stereocenters. The molecule has 1 aromatic carbocycles. The standard InChI is InChI=1S/C14H14BrClN2O2S/c1-10(2)18(14-6-5-11(15)8-13(14)16)21(19,20)12-4-3-7-17-9-12/h3-10H,1-2H3. The second-order valence-electron chi connectivity index (χ2n) is 4.68. The summed E-state index contributed by atoms with van der Waals surface area (Å²) in [6, 6.07) is 7.94. The SMILES string of the molecule is CC(C)N(c1ccc(Br)cc1Cl)S(=O)(=O)c1cccnc1. The first-order chi connectivity index (χ1) is 9.84. The first-order valence-corrected chi connectivity index (χ1v) is 8.84. The van der Waals surface area contributed by atoms with Gasteiger partial charge in [-0.3, -0.25) is 9.29 Å². The molecule has 2 rings (SSSR count). The molecule has 7 heteroatoms. The van der Waals surface area contributed by atoms with Crippen molar-refractivity contribution in [2.24, 2.45) is 0 Å². The van der Waals surface area contributed by atoms with Crippen LogP contribution in [0.4, 0.5) is 5.69 Å². The van der Waals surface area contributed by atoms with Crippen LogP contribution in [0.1, 0.15) is 13.8 Å². The molecule has 0 atom stereocenters. The highest BCUT2D eigenvalue weighted by Gasteiger charge is 2.29. The van der Waals surface area contributed by atoms with E-state index in [2.05, 4.69) is 20.9 Å². The number of sulfonamides is 1. The van der Waals surface area contributed by atoms with Crippen LogP contribution in [0.3, 0.4) is 0 Å². The van der Waals surface area contributed by atoms with Crippen LogP contribution in [0, 0.1) is 0 Å². The largest absolute Gasteiger partial charge is 0.266 e. The van der Waals surface area contributed by atoms with Gasteiger partial charge in [-0.05, 0) is 44.2 Å². The topological polar surface area (TPSA) is 50.3 Å². The van der Waals surface area contributed by atoms with Crippen molar-refractivity contribution in [3.05, 3.63) is 52.2 Å². The summed E-state index contributed by atoms with van der Waals surface area (Å²) in [4.78, 5) is 4.01. The Hall–Kier alpha value is -1.11. The minimum Gasteiger partial charge on any atom is -0.263 e. The van der Waals surface area contributed by atoms with Gasteiger partial charge in [0.2, 0.25) is 0 Å². The van der Waals surface area contributed by atoms with Crippen molar-refractivity contribution in [3.63, 3.8) is 0 Å². The van der Waals surface area contributed by atoms with E-state index in [0.717, 1.165) is 4.47 Å². The molecular weight excluding hydrogens is 376 g/mol. The molecular formula is C14H14BrClN2O2S. The van der Waals surface area contributed by atoms with E-state index in [9.17, 15) is 8.42 Å². The van der Waals surface area contributed by atoms with Gasteiger partial charge in [-0.2, -0.15) is 0 Å². The maximum absolute atomic E-state index is 12.8. The Labute approximate surface area is 137 Å². The van der Waals surface area contributed by atoms with Crippen molar-refractivity contribution in [2.75, 3.05) is 4.31 Å². The predicted molar refractivity (Wildman–Crippen MR) is 88.2 cm³/mol. The van der Waals surface area contributed by atoms with Crippen LogP contribution in [0.5, 0.6) is 0 Å². The summed E-state index contributed by atoms with van der Waals surface area (Å²) in [5, 5.41) is 0.366. The van der Waals surface area contributed by atoms with Gasteiger partial charge in [-0.15, -0.1) is 0 Å². The highest BCUT2D eigenvalue weighted by atomic mass is 79.9. The number of nitrogens with zero attached hydrogens (tertiary/aromatic N) is 2. The van der Waals surface area contributed by atoms with E-state index >= 15 is 0 Å². The average molecular weight is 390 g/mol. The predicted octanol–water partition coefficient (Wildman–Crippen LogP) is 4.10. The van der Waals surface area contributed by atoms with Crippen LogP contribution in [0.25, 0.3) is 0 Å². The third-order valence-corrected chi connectivity index (χ3v) is 5.58. The van der Waals surface area contributed by atoms with Crippen molar-refractivity contribution in [1.82, 2.24) is 4.98 Å². The van der Waals surface area contributed by atoms with Crippen LogP contribution in [0.2, 0.25) is 5.02 Å². The second kappa shape index (κ2) is 6.34. The first kappa shape index (κ1) is 16.3. The Morgan fingerprint density at radius 1 is 1.29 bits per heavy atom. The number of pyridine rings is 1. The molecule has 0 saturated carbocycles. The molecule has 4 nitrogen and oxygen atoms in total. The summed E-state index contributed by atoms with van der Waals surface area (Å²) in [6.07, 6.45) is 2.86. The minimum atomic E-state index is -3.72. The third-order valence-electron chi connectivity index (χ3n) is 2.81. The third kappa shape index (κ3) is 3.39. The maximum atomic E-state index is 12.8. The summed E-state index contributed by atoms with van der Waals surface area (Å²) in [6.45, 7) is 3.60. The first-order valence-electron chi connectivity index (χ1n) is 6.23. The van der Waals surface area contributed by atoms with Crippen molar-refractivity contribution < 1.29 is 8.42 Å². The summed E-state index contributed by atoms with van der Waals surface area (Å²) in [5.74, 6) is 0. The van der Waals surface area contributed by atoms with Gasteiger partial charge >= 0.3 is 0 Å². The molecule has 0 bridgehead atoms. The van der Waals surface area contributed by atoms with Gasteiger partial charge < -0.3 is 0 Å². The van der Waals surface area contributed by atoms with Crippen molar-refractivity contribution in [3.8, 4) is 0 Å². The molecule has 1 heterocycles. The van der Waals surface area contributed by atoms with E-state index < -0.39 is 10.0 Å². The van der Waals surface area contributed by atoms with Crippen molar-refractivity contribution in [2.45, 2.75) is 24.8 Å². The molecule has 0 fully saturated rings. The lowest BCUT2D eigenvalue weighted by atomic mass is 10.3. The van der Waals surface area contributed by atoms with E-state index in [1.165, 1.54) is 22.8 Å². The summed E-state index contributed by atoms with van der Waals surface area (Å²) in [7, 11) is -3.72. The molecule has 112 valence electrons. The number of benzene rings is 1. The zero-order valence-corrected chi connectivity index (χ0v) is 14.7. The Morgan fingerprint density at radius 2 is 2.00 bits per heavy atom. The van der Waals surface area contributed by atoms with E-state index in [-0.39, 0.29) is 10.9 Å². The Balaban J connectivity index is 2.59. The van der Waals surface area contributed by atoms with Gasteiger partial charge in [0.05, 0.1) is 10.7 Å². The number of anilines is 1. The molecule has 0 aliphatic rings. The Bertz CT molecular complexity index is 736. The van der Waals surface area contributed by atoms with E-state index in [4.69, 9.17) is 11.6 Å². The molecule has 1 aromatic heterocycles. The number of hydrogen-bond donors (Lipinski definition) is 0. The van der Waals surface area contributed by atoms with Crippen LogP contribution in [0.15, 0.2) is 52.1 Å². The van der Waals surface area contributed by atoms with Crippen molar-refractivity contribution in [1.29, 1.82) is 0 Å². The van der Waals surface area contributed by atoms with Crippen LogP contribution >= 0.6 is 27.5 Å². The highest BCUT2D eigenvalue weighted by molar-refractivity contribution is 9.10. The molecule has 0 aliphatic carbocycles. The van der Waals surface area contributed by atoms with E-state index in [1.54, 1.807) is 38.1 Å². The fourth-order valence-corrected chi connectivity index (χ4v) is 4.42. The number of halogens is 2. The van der Waals surface area contributed by atoms with Gasteiger partial charge in [-0.25, -0.2) is 8.42 Å². The molecule has 0 spiro atoms. The molecule has 21 heavy (non-hydrogen) atoms. The minimum absolute atomic E-state index is 0.137. The summed E-state index contributed by atoms with van der Waals surface area (Å²) < 4.78 is 27.7. The van der Waals surface area contributed by atoms with Crippen molar-refractivity contribution >= 4 is 43.2 Å². The number of rotatable bonds is 4. The molecule has 0 radical (unpaired) electrons. The molecule has 0 saturated heterocycles. The normalized spacial score (nSPS) is 11.7. The lowest BCUT2D eigenvalue weighted by Gasteiger charge is -2.29. The van der Waals surface area contributed by atoms with Gasteiger partial charge in [0.15, 0.2) is 0 Å². The Morgan fingerprint density at radius 3 is 2.52 bits per heavy atom. The number of hydrogen-bond acceptors (Lipinski definition) is 3. The van der Waals surface area contributed by atoms with Gasteiger partial charge in [0.1, 0.15) is 4.90 Å².